The number of hydrogen-bond acceptors (Lipinski definition) is 5. The molecule has 1 aromatic heterocycles. The van der Waals surface area contributed by atoms with Crippen LogP contribution in [0, 0.1) is 6.92 Å². The molecule has 0 radical (unpaired) electrons. The van der Waals surface area contributed by atoms with Gasteiger partial charge in [-0.15, -0.1) is 11.3 Å². The normalized spacial score (nSPS) is 14.7. The van der Waals surface area contributed by atoms with Crippen molar-refractivity contribution < 1.29 is 19.7 Å². The second-order valence-electron chi connectivity index (χ2n) is 3.26. The fraction of sp³-hybridized carbons (Fsp3) is 0.500. The molecule has 15 heavy (non-hydrogen) atoms. The fourth-order valence-corrected chi connectivity index (χ4v) is 2.20. The first-order chi connectivity index (χ1) is 7.06. The molecule has 0 fully saturated rings. The Labute approximate surface area is 92.1 Å². The van der Waals surface area contributed by atoms with Crippen molar-refractivity contribution in [3.05, 3.63) is 21.9 Å². The number of carbonyl (C=O) groups is 1. The topological polar surface area (TPSA) is 66.8 Å². The average molecular weight is 230 g/mol. The van der Waals surface area contributed by atoms with E-state index in [0.717, 1.165) is 5.56 Å². The monoisotopic (exact) mass is 230 g/mol. The molecule has 0 saturated carbocycles. The van der Waals surface area contributed by atoms with Gasteiger partial charge in [0.15, 0.2) is 0 Å². The summed E-state index contributed by atoms with van der Waals surface area (Å²) in [5.74, 6) is -0.532. The minimum absolute atomic E-state index is 0.199. The summed E-state index contributed by atoms with van der Waals surface area (Å²) in [6.07, 6.45) is -2.34. The lowest BCUT2D eigenvalue weighted by Gasteiger charge is -2.16. The third kappa shape index (κ3) is 3.02. The second-order valence-corrected chi connectivity index (χ2v) is 4.21. The summed E-state index contributed by atoms with van der Waals surface area (Å²) in [6, 6.07) is 1.86. The largest absolute Gasteiger partial charge is 0.469 e. The number of thiophene rings is 1. The molecule has 1 rings (SSSR count). The summed E-state index contributed by atoms with van der Waals surface area (Å²) in [5, 5.41) is 21.2. The number of aliphatic hydroxyl groups is 2. The molecule has 0 aliphatic carbocycles. The second kappa shape index (κ2) is 5.25. The first kappa shape index (κ1) is 12.2. The van der Waals surface area contributed by atoms with E-state index in [0.29, 0.717) is 4.88 Å². The quantitative estimate of drug-likeness (QED) is 0.758. The van der Waals surface area contributed by atoms with E-state index in [-0.39, 0.29) is 6.42 Å². The van der Waals surface area contributed by atoms with Gasteiger partial charge >= 0.3 is 5.97 Å². The molecule has 0 aliphatic heterocycles. The van der Waals surface area contributed by atoms with Crippen molar-refractivity contribution in [2.75, 3.05) is 7.11 Å². The summed E-state index contributed by atoms with van der Waals surface area (Å²) in [6.45, 7) is 1.85. The minimum Gasteiger partial charge on any atom is -0.469 e. The van der Waals surface area contributed by atoms with Crippen molar-refractivity contribution in [1.29, 1.82) is 0 Å². The van der Waals surface area contributed by atoms with Crippen LogP contribution >= 0.6 is 11.3 Å². The Kier molecular flexibility index (Phi) is 4.26. The molecule has 4 nitrogen and oxygen atoms in total. The van der Waals surface area contributed by atoms with Crippen LogP contribution in [-0.2, 0) is 9.53 Å². The third-order valence-electron chi connectivity index (χ3n) is 2.14. The van der Waals surface area contributed by atoms with Crippen LogP contribution in [0.25, 0.3) is 0 Å². The number of rotatable bonds is 4. The van der Waals surface area contributed by atoms with Crippen molar-refractivity contribution in [2.45, 2.75) is 25.6 Å². The zero-order valence-corrected chi connectivity index (χ0v) is 9.45. The van der Waals surface area contributed by atoms with Crippen LogP contribution in [0.5, 0.6) is 0 Å². The highest BCUT2D eigenvalue weighted by atomic mass is 32.1. The Morgan fingerprint density at radius 1 is 1.60 bits per heavy atom. The van der Waals surface area contributed by atoms with Crippen molar-refractivity contribution >= 4 is 17.3 Å². The van der Waals surface area contributed by atoms with Crippen LogP contribution in [0.4, 0.5) is 0 Å². The van der Waals surface area contributed by atoms with E-state index >= 15 is 0 Å². The maximum atomic E-state index is 10.9. The summed E-state index contributed by atoms with van der Waals surface area (Å²) in [4.78, 5) is 11.6. The zero-order valence-electron chi connectivity index (χ0n) is 8.64. The van der Waals surface area contributed by atoms with Gasteiger partial charge < -0.3 is 14.9 Å². The molecule has 1 aromatic rings. The Morgan fingerprint density at radius 2 is 2.27 bits per heavy atom. The van der Waals surface area contributed by atoms with Crippen LogP contribution in [0.3, 0.4) is 0 Å². The molecular formula is C10H14O4S. The number of esters is 1. The predicted octanol–water partition coefficient (Wildman–Crippen LogP) is 1.01. The van der Waals surface area contributed by atoms with E-state index in [4.69, 9.17) is 0 Å². The first-order valence-electron chi connectivity index (χ1n) is 4.53. The molecule has 0 aromatic carbocycles. The van der Waals surface area contributed by atoms with Gasteiger partial charge in [-0.25, -0.2) is 0 Å². The van der Waals surface area contributed by atoms with E-state index in [9.17, 15) is 15.0 Å². The van der Waals surface area contributed by atoms with E-state index in [1.165, 1.54) is 18.4 Å². The molecule has 5 heteroatoms. The average Bonchev–Trinajstić information content (AvgIpc) is 2.63. The molecule has 1 heterocycles. The van der Waals surface area contributed by atoms with Crippen LogP contribution in [0.1, 0.15) is 23.0 Å². The van der Waals surface area contributed by atoms with Crippen LogP contribution in [0.15, 0.2) is 11.4 Å². The smallest absolute Gasteiger partial charge is 0.308 e. The lowest BCUT2D eigenvalue weighted by molar-refractivity contribution is -0.144. The third-order valence-corrected chi connectivity index (χ3v) is 3.23. The van der Waals surface area contributed by atoms with Crippen LogP contribution in [-0.4, -0.2) is 29.4 Å². The van der Waals surface area contributed by atoms with Gasteiger partial charge in [0.25, 0.3) is 0 Å². The van der Waals surface area contributed by atoms with Crippen molar-refractivity contribution in [2.24, 2.45) is 0 Å². The number of ether oxygens (including phenoxy) is 1. The Balaban J connectivity index is 2.64. The molecule has 2 N–H and O–H groups in total. The Bertz CT molecular complexity index is 334. The summed E-state index contributed by atoms with van der Waals surface area (Å²) in [7, 11) is 1.25. The molecule has 2 unspecified atom stereocenters. The lowest BCUT2D eigenvalue weighted by Crippen LogP contribution is -2.22. The molecule has 2 atom stereocenters. The maximum Gasteiger partial charge on any atom is 0.308 e. The van der Waals surface area contributed by atoms with Crippen LogP contribution in [0.2, 0.25) is 0 Å². The standard InChI is InChI=1S/C10H14O4S/c1-6-3-4-15-10(6)9(13)7(11)5-8(12)14-2/h3-4,7,9,11,13H,5H2,1-2H3. The number of carbonyl (C=O) groups excluding carboxylic acids is 1. The number of methoxy groups -OCH3 is 1. The first-order valence-corrected chi connectivity index (χ1v) is 5.41. The highest BCUT2D eigenvalue weighted by Crippen LogP contribution is 2.27. The van der Waals surface area contributed by atoms with Crippen molar-refractivity contribution in [3.8, 4) is 0 Å². The van der Waals surface area contributed by atoms with Gasteiger partial charge in [0.2, 0.25) is 0 Å². The van der Waals surface area contributed by atoms with Gasteiger partial charge in [-0.1, -0.05) is 0 Å². The Morgan fingerprint density at radius 3 is 2.73 bits per heavy atom. The van der Waals surface area contributed by atoms with Crippen molar-refractivity contribution in [3.63, 3.8) is 0 Å². The zero-order chi connectivity index (χ0) is 11.4. The van der Waals surface area contributed by atoms with E-state index < -0.39 is 18.2 Å². The maximum absolute atomic E-state index is 10.9. The number of hydrogen-bond donors (Lipinski definition) is 2. The van der Waals surface area contributed by atoms with Gasteiger partial charge in [0, 0.05) is 4.88 Å². The SMILES string of the molecule is COC(=O)CC(O)C(O)c1sccc1C. The molecule has 0 amide bonds. The van der Waals surface area contributed by atoms with Gasteiger partial charge in [-0.05, 0) is 23.9 Å². The molecular weight excluding hydrogens is 216 g/mol. The summed E-state index contributed by atoms with van der Waals surface area (Å²) in [5.41, 5.74) is 0.913. The molecule has 0 bridgehead atoms. The number of aliphatic hydroxyl groups excluding tert-OH is 2. The van der Waals surface area contributed by atoms with E-state index in [1.54, 1.807) is 0 Å². The molecule has 0 saturated heterocycles. The van der Waals surface area contributed by atoms with E-state index in [1.807, 2.05) is 18.4 Å². The van der Waals surface area contributed by atoms with Gasteiger partial charge in [-0.2, -0.15) is 0 Å². The van der Waals surface area contributed by atoms with E-state index in [2.05, 4.69) is 4.74 Å². The van der Waals surface area contributed by atoms with Gasteiger partial charge in [-0.3, -0.25) is 4.79 Å². The summed E-state index contributed by atoms with van der Waals surface area (Å²) < 4.78 is 4.41. The van der Waals surface area contributed by atoms with Gasteiger partial charge in [0.1, 0.15) is 6.10 Å². The summed E-state index contributed by atoms with van der Waals surface area (Å²) >= 11 is 1.36. The fourth-order valence-electron chi connectivity index (χ4n) is 1.23. The lowest BCUT2D eigenvalue weighted by atomic mass is 10.1. The Hall–Kier alpha value is -0.910. The van der Waals surface area contributed by atoms with Crippen LogP contribution < -0.4 is 0 Å². The van der Waals surface area contributed by atoms with Crippen molar-refractivity contribution in [1.82, 2.24) is 0 Å². The minimum atomic E-state index is -1.12. The molecule has 0 aliphatic rings. The van der Waals surface area contributed by atoms with Gasteiger partial charge in [0.05, 0.1) is 19.6 Å². The predicted molar refractivity (Wildman–Crippen MR) is 56.7 cm³/mol. The highest BCUT2D eigenvalue weighted by Gasteiger charge is 2.23. The molecule has 0 spiro atoms. The molecule has 84 valence electrons. The number of aryl methyl sites for hydroxylation is 1. The highest BCUT2D eigenvalue weighted by molar-refractivity contribution is 7.10.